The summed E-state index contributed by atoms with van der Waals surface area (Å²) in [7, 11) is 1.45. The van der Waals surface area contributed by atoms with Crippen molar-refractivity contribution in [3.8, 4) is 5.75 Å². The molecule has 1 heterocycles. The van der Waals surface area contributed by atoms with Gasteiger partial charge in [0.1, 0.15) is 5.75 Å². The van der Waals surface area contributed by atoms with Gasteiger partial charge in [0, 0.05) is 29.4 Å². The van der Waals surface area contributed by atoms with Crippen LogP contribution < -0.4 is 21.1 Å². The number of para-hydroxylation sites is 1. The molecule has 1 aliphatic heterocycles. The lowest BCUT2D eigenvalue weighted by Gasteiger charge is -2.27. The Labute approximate surface area is 224 Å². The molecule has 208 valence electrons. The molecule has 1 aliphatic carbocycles. The summed E-state index contributed by atoms with van der Waals surface area (Å²) in [5, 5.41) is 5.23. The van der Waals surface area contributed by atoms with Crippen molar-refractivity contribution in [2.75, 3.05) is 12.4 Å². The van der Waals surface area contributed by atoms with Crippen LogP contribution in [0.1, 0.15) is 50.2 Å². The van der Waals surface area contributed by atoms with Gasteiger partial charge in [0.05, 0.1) is 18.5 Å². The first-order valence-electron chi connectivity index (χ1n) is 12.7. The minimum absolute atomic E-state index is 0.191. The molecule has 0 radical (unpaired) electrons. The number of rotatable bonds is 10. The van der Waals surface area contributed by atoms with Gasteiger partial charge in [0.25, 0.3) is 5.91 Å². The van der Waals surface area contributed by atoms with E-state index in [0.717, 1.165) is 12.8 Å². The second kappa shape index (κ2) is 11.1. The van der Waals surface area contributed by atoms with Crippen molar-refractivity contribution in [3.63, 3.8) is 0 Å². The maximum absolute atomic E-state index is 13.5. The number of nitrogens with one attached hydrogen (secondary N) is 2. The lowest BCUT2D eigenvalue weighted by atomic mass is 9.80. The van der Waals surface area contributed by atoms with Crippen molar-refractivity contribution < 1.29 is 32.3 Å². The largest absolute Gasteiger partial charge is 0.495 e. The number of amides is 3. The zero-order valence-corrected chi connectivity index (χ0v) is 21.7. The van der Waals surface area contributed by atoms with E-state index in [1.54, 1.807) is 42.5 Å². The minimum atomic E-state index is -4.54. The third-order valence-electron chi connectivity index (χ3n) is 7.33. The summed E-state index contributed by atoms with van der Waals surface area (Å²) < 4.78 is 45.0. The lowest BCUT2D eigenvalue weighted by Crippen LogP contribution is -2.48. The van der Waals surface area contributed by atoms with Crippen LogP contribution in [0.3, 0.4) is 0 Å². The van der Waals surface area contributed by atoms with E-state index in [1.165, 1.54) is 7.11 Å². The third kappa shape index (κ3) is 6.76. The van der Waals surface area contributed by atoms with E-state index in [0.29, 0.717) is 28.3 Å². The highest BCUT2D eigenvalue weighted by Gasteiger charge is 2.46. The Bertz CT molecular complexity index is 1280. The van der Waals surface area contributed by atoms with E-state index in [1.807, 2.05) is 13.0 Å². The number of nitrogens with zero attached hydrogens (tertiary/aromatic N) is 1. The highest BCUT2D eigenvalue weighted by molar-refractivity contribution is 6.20. The first-order chi connectivity index (χ1) is 18.4. The molecule has 0 aromatic heterocycles. The highest BCUT2D eigenvalue weighted by Crippen LogP contribution is 2.51. The number of ether oxygens (including phenoxy) is 1. The van der Waals surface area contributed by atoms with E-state index in [9.17, 15) is 27.6 Å². The quantitative estimate of drug-likeness (QED) is 0.415. The molecule has 2 aromatic carbocycles. The lowest BCUT2D eigenvalue weighted by molar-refractivity contribution is -0.147. The smallest absolute Gasteiger partial charge is 0.389 e. The van der Waals surface area contributed by atoms with Crippen molar-refractivity contribution >= 4 is 29.1 Å². The Hall–Kier alpha value is -3.89. The van der Waals surface area contributed by atoms with Gasteiger partial charge >= 0.3 is 6.18 Å². The second-order valence-corrected chi connectivity index (χ2v) is 10.4. The molecule has 3 amide bonds. The molecule has 2 aliphatic rings. The monoisotopic (exact) mass is 544 g/mol. The third-order valence-corrected chi connectivity index (χ3v) is 7.33. The molecule has 0 saturated heterocycles. The molecule has 3 unspecified atom stereocenters. The number of benzodiazepines with no additional fused rings is 1. The molecule has 1 fully saturated rings. The van der Waals surface area contributed by atoms with Crippen LogP contribution in [0, 0.1) is 17.3 Å². The topological polar surface area (TPSA) is 123 Å². The number of benzene rings is 2. The number of halogens is 3. The fourth-order valence-corrected chi connectivity index (χ4v) is 4.87. The van der Waals surface area contributed by atoms with Crippen molar-refractivity contribution in [3.05, 3.63) is 59.7 Å². The molecule has 4 N–H and O–H groups in total. The Balaban J connectivity index is 1.70. The van der Waals surface area contributed by atoms with Gasteiger partial charge in [-0.05, 0) is 37.2 Å². The summed E-state index contributed by atoms with van der Waals surface area (Å²) >= 11 is 0. The number of nitrogens with two attached hydrogens (primary N) is 1. The number of aliphatic imine (C=N–C) groups is 1. The SMILES string of the molecule is COc1cccc2c1NC(=O)C(NC(=O)C(CCC(F)(F)F)C(CC1(C)CC1)C(N)=O)N=C2c1ccccc1. The van der Waals surface area contributed by atoms with Crippen LogP contribution in [0.4, 0.5) is 18.9 Å². The van der Waals surface area contributed by atoms with Crippen LogP contribution in [-0.2, 0) is 14.4 Å². The predicted octanol–water partition coefficient (Wildman–Crippen LogP) is 4.18. The molecular formula is C28H31F3N4O4. The number of anilines is 1. The van der Waals surface area contributed by atoms with Crippen LogP contribution >= 0.6 is 0 Å². The summed E-state index contributed by atoms with van der Waals surface area (Å²) in [5.41, 5.74) is 7.24. The van der Waals surface area contributed by atoms with Crippen LogP contribution in [-0.4, -0.2) is 42.9 Å². The Morgan fingerprint density at radius 2 is 1.85 bits per heavy atom. The highest BCUT2D eigenvalue weighted by atomic mass is 19.4. The Morgan fingerprint density at radius 1 is 1.15 bits per heavy atom. The average Bonchev–Trinajstić information content (AvgIpc) is 3.64. The molecule has 39 heavy (non-hydrogen) atoms. The first-order valence-corrected chi connectivity index (χ1v) is 12.7. The fourth-order valence-electron chi connectivity index (χ4n) is 4.87. The summed E-state index contributed by atoms with van der Waals surface area (Å²) in [6, 6.07) is 14.1. The molecule has 4 rings (SSSR count). The average molecular weight is 545 g/mol. The van der Waals surface area contributed by atoms with Gasteiger partial charge in [0.2, 0.25) is 18.0 Å². The van der Waals surface area contributed by atoms with Crippen LogP contribution in [0.25, 0.3) is 0 Å². The molecule has 3 atom stereocenters. The van der Waals surface area contributed by atoms with Crippen molar-refractivity contribution in [1.29, 1.82) is 0 Å². The normalized spacial score (nSPS) is 19.5. The molecule has 8 nitrogen and oxygen atoms in total. The van der Waals surface area contributed by atoms with E-state index < -0.39 is 54.7 Å². The van der Waals surface area contributed by atoms with Gasteiger partial charge in [-0.25, -0.2) is 4.99 Å². The second-order valence-electron chi connectivity index (χ2n) is 10.4. The van der Waals surface area contributed by atoms with Crippen molar-refractivity contribution in [2.24, 2.45) is 28.0 Å². The van der Waals surface area contributed by atoms with Crippen LogP contribution in [0.2, 0.25) is 0 Å². The minimum Gasteiger partial charge on any atom is -0.495 e. The zero-order valence-electron chi connectivity index (χ0n) is 21.7. The van der Waals surface area contributed by atoms with Gasteiger partial charge in [-0.15, -0.1) is 0 Å². The van der Waals surface area contributed by atoms with E-state index in [-0.39, 0.29) is 11.8 Å². The number of hydrogen-bond acceptors (Lipinski definition) is 5. The summed E-state index contributed by atoms with van der Waals surface area (Å²) in [5.74, 6) is -4.58. The van der Waals surface area contributed by atoms with Gasteiger partial charge in [-0.3, -0.25) is 14.4 Å². The van der Waals surface area contributed by atoms with Crippen LogP contribution in [0.5, 0.6) is 5.75 Å². The number of methoxy groups -OCH3 is 1. The summed E-state index contributed by atoms with van der Waals surface area (Å²) in [6.45, 7) is 1.90. The van der Waals surface area contributed by atoms with Gasteiger partial charge in [-0.2, -0.15) is 13.2 Å². The molecule has 1 saturated carbocycles. The van der Waals surface area contributed by atoms with Gasteiger partial charge < -0.3 is 21.1 Å². The number of primary amides is 1. The summed E-state index contributed by atoms with van der Waals surface area (Å²) in [4.78, 5) is 43.7. The fraction of sp³-hybridized carbons (Fsp3) is 0.429. The molecule has 0 spiro atoms. The van der Waals surface area contributed by atoms with Crippen molar-refractivity contribution in [2.45, 2.75) is 51.4 Å². The molecule has 0 bridgehead atoms. The maximum atomic E-state index is 13.5. The molecular weight excluding hydrogens is 513 g/mol. The van der Waals surface area contributed by atoms with Crippen LogP contribution in [0.15, 0.2) is 53.5 Å². The van der Waals surface area contributed by atoms with E-state index >= 15 is 0 Å². The Morgan fingerprint density at radius 3 is 2.44 bits per heavy atom. The zero-order chi connectivity index (χ0) is 28.4. The summed E-state index contributed by atoms with van der Waals surface area (Å²) in [6.07, 6.45) is -6.17. The number of carbonyl (C=O) groups excluding carboxylic acids is 3. The standard InChI is InChI=1S/C28H31F3N4O4/c1-27(13-14-27)15-19(23(32)36)17(11-12-28(29,30)31)25(37)35-24-26(38)34-22-18(9-6-10-20(22)39-2)21(33-24)16-7-4-3-5-8-16/h3-10,17,19,24H,11-15H2,1-2H3,(H2,32,36)(H,34,38)(H,35,37). The number of fused-ring (bicyclic) bond motifs is 1. The predicted molar refractivity (Wildman–Crippen MR) is 139 cm³/mol. The maximum Gasteiger partial charge on any atom is 0.389 e. The van der Waals surface area contributed by atoms with E-state index in [4.69, 9.17) is 10.5 Å². The number of hydrogen-bond donors (Lipinski definition) is 3. The molecule has 2 aromatic rings. The first kappa shape index (κ1) is 28.1. The van der Waals surface area contributed by atoms with Gasteiger partial charge in [-0.1, -0.05) is 49.4 Å². The van der Waals surface area contributed by atoms with Gasteiger partial charge in [0.15, 0.2) is 0 Å². The Kier molecular flexibility index (Phi) is 7.99. The number of alkyl halides is 3. The van der Waals surface area contributed by atoms with E-state index in [2.05, 4.69) is 15.6 Å². The molecule has 11 heteroatoms. The number of carbonyl (C=O) groups is 3. The van der Waals surface area contributed by atoms with Crippen molar-refractivity contribution in [1.82, 2.24) is 5.32 Å².